The second kappa shape index (κ2) is 10.7. The molecule has 0 aromatic carbocycles. The van der Waals surface area contributed by atoms with E-state index >= 15 is 0 Å². The number of hydrogen-bond acceptors (Lipinski definition) is 5. The number of aromatic nitrogens is 3. The minimum atomic E-state index is -2.38. The third kappa shape index (κ3) is 6.39. The fourth-order valence-electron chi connectivity index (χ4n) is 2.89. The Morgan fingerprint density at radius 3 is 2.32 bits per heavy atom. The van der Waals surface area contributed by atoms with Crippen molar-refractivity contribution in [1.82, 2.24) is 19.4 Å². The molecular formula is C22H26F2N4O3. The average molecular weight is 432 g/mol. The normalized spacial score (nSPS) is 15.3. The van der Waals surface area contributed by atoms with E-state index in [9.17, 15) is 18.4 Å². The summed E-state index contributed by atoms with van der Waals surface area (Å²) in [6.07, 6.45) is 5.35. The second-order valence-corrected chi connectivity index (χ2v) is 6.85. The summed E-state index contributed by atoms with van der Waals surface area (Å²) in [4.78, 5) is 31.8. The lowest BCUT2D eigenvalue weighted by Crippen LogP contribution is -2.36. The van der Waals surface area contributed by atoms with E-state index in [2.05, 4.69) is 9.97 Å². The van der Waals surface area contributed by atoms with Gasteiger partial charge in [0.15, 0.2) is 6.29 Å². The number of halogens is 2. The van der Waals surface area contributed by atoms with Crippen molar-refractivity contribution in [3.8, 4) is 5.82 Å². The van der Waals surface area contributed by atoms with Crippen LogP contribution in [0.2, 0.25) is 0 Å². The largest absolute Gasteiger partial charge is 0.478 e. The first-order valence-corrected chi connectivity index (χ1v) is 9.97. The fourth-order valence-corrected chi connectivity index (χ4v) is 2.89. The molecule has 0 aliphatic carbocycles. The molecule has 1 aliphatic heterocycles. The highest BCUT2D eigenvalue weighted by Gasteiger charge is 2.32. The first-order valence-electron chi connectivity index (χ1n) is 9.97. The minimum absolute atomic E-state index is 0.0312. The monoisotopic (exact) mass is 432 g/mol. The third-order valence-corrected chi connectivity index (χ3v) is 4.64. The number of nitrogens with zero attached hydrogens (tertiary/aromatic N) is 4. The van der Waals surface area contributed by atoms with E-state index in [4.69, 9.17) is 5.11 Å². The average Bonchev–Trinajstić information content (AvgIpc) is 3.21. The number of likely N-dealkylation sites (tertiary alicyclic amines) is 1. The van der Waals surface area contributed by atoms with Crippen LogP contribution in [0.4, 0.5) is 8.78 Å². The van der Waals surface area contributed by atoms with Gasteiger partial charge in [0, 0.05) is 55.5 Å². The molecule has 1 fully saturated rings. The lowest BCUT2D eigenvalue weighted by Gasteiger charge is -2.28. The molecule has 0 spiro atoms. The maximum absolute atomic E-state index is 12.4. The quantitative estimate of drug-likeness (QED) is 0.621. The summed E-state index contributed by atoms with van der Waals surface area (Å²) in [6.45, 7) is 5.07. The summed E-state index contributed by atoms with van der Waals surface area (Å²) in [5.74, 6) is -2.83. The molecule has 1 N–H and O–H groups in total. The first kappa shape index (κ1) is 24.1. The van der Waals surface area contributed by atoms with Gasteiger partial charge in [0.2, 0.25) is 0 Å². The molecule has 0 saturated carbocycles. The predicted octanol–water partition coefficient (Wildman–Crippen LogP) is 4.30. The molecule has 4 heterocycles. The maximum Gasteiger partial charge on any atom is 0.337 e. The lowest BCUT2D eigenvalue weighted by molar-refractivity contribution is -0.0504. The molecule has 1 saturated heterocycles. The van der Waals surface area contributed by atoms with Crippen LogP contribution in [0.1, 0.15) is 47.4 Å². The number of rotatable bonds is 3. The van der Waals surface area contributed by atoms with Crippen LogP contribution in [0.15, 0.2) is 42.9 Å². The molecule has 0 amide bonds. The molecule has 1 aliphatic rings. The first-order chi connectivity index (χ1) is 14.8. The zero-order chi connectivity index (χ0) is 23.0. The standard InChI is InChI=1S/C14H9N3O3.C6H11F2N.C2H6/c18-8-9-5-10-3-4-17(13(10)16-6-9)12-2-1-11(7-15-12)14(19)20;1-9-4-2-6(7,8)3-5-9;1-2/h1-8H,(H,19,20);2-5H2,1H3;1-2H3. The zero-order valence-corrected chi connectivity index (χ0v) is 17.8. The lowest BCUT2D eigenvalue weighted by atomic mass is 10.1. The summed E-state index contributed by atoms with van der Waals surface area (Å²) in [7, 11) is 1.87. The summed E-state index contributed by atoms with van der Waals surface area (Å²) >= 11 is 0. The zero-order valence-electron chi connectivity index (χ0n) is 17.8. The SMILES string of the molecule is CC.CN1CCC(F)(F)CC1.O=Cc1cnc2c(ccn2-c2ccc(C(=O)O)cn2)c1. The highest BCUT2D eigenvalue weighted by atomic mass is 19.3. The van der Waals surface area contributed by atoms with Crippen molar-refractivity contribution >= 4 is 23.3 Å². The number of carbonyl (C=O) groups excluding carboxylic acids is 1. The van der Waals surface area contributed by atoms with Gasteiger partial charge in [0.05, 0.1) is 5.56 Å². The van der Waals surface area contributed by atoms with Gasteiger partial charge >= 0.3 is 5.97 Å². The molecule has 0 unspecified atom stereocenters. The van der Waals surface area contributed by atoms with Crippen LogP contribution < -0.4 is 0 Å². The minimum Gasteiger partial charge on any atom is -0.478 e. The van der Waals surface area contributed by atoms with Crippen molar-refractivity contribution in [3.05, 3.63) is 54.0 Å². The van der Waals surface area contributed by atoms with Crippen LogP contribution >= 0.6 is 0 Å². The topological polar surface area (TPSA) is 88.3 Å². The van der Waals surface area contributed by atoms with Gasteiger partial charge in [0.25, 0.3) is 5.92 Å². The van der Waals surface area contributed by atoms with E-state index < -0.39 is 11.9 Å². The van der Waals surface area contributed by atoms with Crippen molar-refractivity contribution in [3.63, 3.8) is 0 Å². The smallest absolute Gasteiger partial charge is 0.337 e. The number of aromatic carboxylic acids is 1. The Morgan fingerprint density at radius 2 is 1.81 bits per heavy atom. The van der Waals surface area contributed by atoms with Gasteiger partial charge in [-0.1, -0.05) is 13.8 Å². The van der Waals surface area contributed by atoms with Crippen LogP contribution in [0.25, 0.3) is 16.9 Å². The van der Waals surface area contributed by atoms with Gasteiger partial charge in [-0.2, -0.15) is 0 Å². The van der Waals surface area contributed by atoms with E-state index in [-0.39, 0.29) is 18.4 Å². The highest BCUT2D eigenvalue weighted by molar-refractivity contribution is 5.87. The van der Waals surface area contributed by atoms with Gasteiger partial charge in [0.1, 0.15) is 11.5 Å². The van der Waals surface area contributed by atoms with Gasteiger partial charge in [-0.15, -0.1) is 0 Å². The van der Waals surface area contributed by atoms with Crippen molar-refractivity contribution in [2.24, 2.45) is 0 Å². The Kier molecular flexibility index (Phi) is 8.32. The van der Waals surface area contributed by atoms with Crippen LogP contribution in [-0.2, 0) is 0 Å². The van der Waals surface area contributed by atoms with Crippen LogP contribution in [0.5, 0.6) is 0 Å². The second-order valence-electron chi connectivity index (χ2n) is 6.85. The Morgan fingerprint density at radius 1 is 1.13 bits per heavy atom. The molecule has 0 bridgehead atoms. The predicted molar refractivity (Wildman–Crippen MR) is 114 cm³/mol. The number of aldehydes is 1. The van der Waals surface area contributed by atoms with Gasteiger partial charge in [-0.25, -0.2) is 23.5 Å². The van der Waals surface area contributed by atoms with E-state index in [1.165, 1.54) is 18.5 Å². The van der Waals surface area contributed by atoms with Gasteiger partial charge in [-0.05, 0) is 31.3 Å². The molecule has 3 aromatic rings. The summed E-state index contributed by atoms with van der Waals surface area (Å²) in [5, 5.41) is 9.66. The number of carboxylic acids is 1. The molecule has 0 radical (unpaired) electrons. The number of hydrogen-bond donors (Lipinski definition) is 1. The number of fused-ring (bicyclic) bond motifs is 1. The summed E-state index contributed by atoms with van der Waals surface area (Å²) in [5.41, 5.74) is 1.29. The molecule has 9 heteroatoms. The number of carbonyl (C=O) groups is 2. The maximum atomic E-state index is 12.4. The van der Waals surface area contributed by atoms with Crippen LogP contribution in [0.3, 0.4) is 0 Å². The van der Waals surface area contributed by atoms with E-state index in [1.54, 1.807) is 22.9 Å². The molecule has 166 valence electrons. The Labute approximate surface area is 179 Å². The summed E-state index contributed by atoms with van der Waals surface area (Å²) in [6, 6.07) is 6.65. The Balaban J connectivity index is 0.000000261. The summed E-state index contributed by atoms with van der Waals surface area (Å²) < 4.78 is 26.4. The number of pyridine rings is 2. The number of alkyl halides is 2. The van der Waals surface area contributed by atoms with Crippen LogP contribution in [0, 0.1) is 0 Å². The fraction of sp³-hybridized carbons (Fsp3) is 0.364. The molecule has 0 atom stereocenters. The number of piperidine rings is 1. The van der Waals surface area contributed by atoms with Crippen molar-refractivity contribution in [2.45, 2.75) is 32.6 Å². The van der Waals surface area contributed by atoms with E-state index in [0.717, 1.165) is 11.7 Å². The van der Waals surface area contributed by atoms with E-state index in [1.807, 2.05) is 31.9 Å². The molecule has 3 aromatic heterocycles. The Hall–Kier alpha value is -3.20. The van der Waals surface area contributed by atoms with Gasteiger partial charge < -0.3 is 10.0 Å². The molecule has 31 heavy (non-hydrogen) atoms. The molecular weight excluding hydrogens is 406 g/mol. The Bertz CT molecular complexity index is 1010. The van der Waals surface area contributed by atoms with Gasteiger partial charge in [-0.3, -0.25) is 9.36 Å². The highest BCUT2D eigenvalue weighted by Crippen LogP contribution is 2.26. The van der Waals surface area contributed by atoms with Crippen LogP contribution in [-0.4, -0.2) is 62.9 Å². The molecule has 7 nitrogen and oxygen atoms in total. The van der Waals surface area contributed by atoms with E-state index in [0.29, 0.717) is 30.1 Å². The number of carboxylic acid groups (broad SMARTS) is 1. The third-order valence-electron chi connectivity index (χ3n) is 4.64. The molecule has 4 rings (SSSR count). The van der Waals surface area contributed by atoms with Crippen molar-refractivity contribution in [1.29, 1.82) is 0 Å². The van der Waals surface area contributed by atoms with Crippen molar-refractivity contribution in [2.75, 3.05) is 20.1 Å². The van der Waals surface area contributed by atoms with Crippen molar-refractivity contribution < 1.29 is 23.5 Å².